The van der Waals surface area contributed by atoms with E-state index in [0.717, 1.165) is 32.2 Å². The number of thioether (sulfide) groups is 1. The third-order valence-corrected chi connectivity index (χ3v) is 3.45. The molecule has 0 saturated carbocycles. The zero-order chi connectivity index (χ0) is 12.6. The molecule has 2 nitrogen and oxygen atoms in total. The molecule has 0 heterocycles. The summed E-state index contributed by atoms with van der Waals surface area (Å²) in [6.45, 7) is 7.69. The van der Waals surface area contributed by atoms with Crippen LogP contribution in [0.25, 0.3) is 0 Å². The van der Waals surface area contributed by atoms with Crippen LogP contribution in [0.5, 0.6) is 0 Å². The normalized spacial score (nSPS) is 10.9. The molecule has 0 amide bonds. The summed E-state index contributed by atoms with van der Waals surface area (Å²) in [5.74, 6) is 2.28. The molecule has 0 aliphatic heterocycles. The van der Waals surface area contributed by atoms with E-state index in [-0.39, 0.29) is 0 Å². The Balaban J connectivity index is 2.85. The fourth-order valence-electron chi connectivity index (χ4n) is 1.57. The van der Waals surface area contributed by atoms with Crippen LogP contribution in [0.15, 0.2) is 0 Å². The van der Waals surface area contributed by atoms with Gasteiger partial charge in [-0.15, -0.1) is 0 Å². The number of hydrogen-bond donors (Lipinski definition) is 0. The Bertz CT molecular complexity index is 117. The van der Waals surface area contributed by atoms with Crippen molar-refractivity contribution in [2.45, 2.75) is 52.4 Å². The molecule has 0 spiro atoms. The van der Waals surface area contributed by atoms with Crippen LogP contribution in [0.3, 0.4) is 0 Å². The second kappa shape index (κ2) is 16.3. The van der Waals surface area contributed by atoms with E-state index in [1.807, 2.05) is 11.8 Å². The summed E-state index contributed by atoms with van der Waals surface area (Å²) < 4.78 is 11.0. The van der Waals surface area contributed by atoms with Crippen LogP contribution >= 0.6 is 11.8 Å². The largest absolute Gasteiger partial charge is 0.379 e. The SMILES string of the molecule is CCCCCCCCOCCOCCSCC. The fraction of sp³-hybridized carbons (Fsp3) is 1.00. The van der Waals surface area contributed by atoms with Gasteiger partial charge in [-0.3, -0.25) is 0 Å². The van der Waals surface area contributed by atoms with Crippen molar-refractivity contribution in [3.8, 4) is 0 Å². The fourth-order valence-corrected chi connectivity index (χ4v) is 2.09. The topological polar surface area (TPSA) is 18.5 Å². The summed E-state index contributed by atoms with van der Waals surface area (Å²) in [5.41, 5.74) is 0. The molecule has 17 heavy (non-hydrogen) atoms. The van der Waals surface area contributed by atoms with Crippen LogP contribution in [0.4, 0.5) is 0 Å². The molecule has 0 radical (unpaired) electrons. The monoisotopic (exact) mass is 262 g/mol. The molecule has 0 atom stereocenters. The van der Waals surface area contributed by atoms with Gasteiger partial charge in [-0.05, 0) is 12.2 Å². The second-order valence-corrected chi connectivity index (χ2v) is 5.58. The van der Waals surface area contributed by atoms with Crippen LogP contribution in [-0.4, -0.2) is 37.9 Å². The van der Waals surface area contributed by atoms with Crippen molar-refractivity contribution in [3.63, 3.8) is 0 Å². The average molecular weight is 262 g/mol. The van der Waals surface area contributed by atoms with Crippen molar-refractivity contribution < 1.29 is 9.47 Å². The predicted molar refractivity (Wildman–Crippen MR) is 78.0 cm³/mol. The van der Waals surface area contributed by atoms with E-state index in [1.165, 1.54) is 44.3 Å². The Labute approximate surface area is 112 Å². The highest BCUT2D eigenvalue weighted by Crippen LogP contribution is 2.04. The number of rotatable bonds is 14. The molecule has 0 aromatic carbocycles. The number of ether oxygens (including phenoxy) is 2. The molecule has 0 rings (SSSR count). The minimum Gasteiger partial charge on any atom is -0.379 e. The lowest BCUT2D eigenvalue weighted by Gasteiger charge is -2.05. The summed E-state index contributed by atoms with van der Waals surface area (Å²) >= 11 is 1.92. The van der Waals surface area contributed by atoms with Gasteiger partial charge < -0.3 is 9.47 Å². The lowest BCUT2D eigenvalue weighted by atomic mass is 10.1. The van der Waals surface area contributed by atoms with Crippen LogP contribution in [0, 0.1) is 0 Å². The minimum absolute atomic E-state index is 0.750. The van der Waals surface area contributed by atoms with Gasteiger partial charge in [0.1, 0.15) is 0 Å². The summed E-state index contributed by atoms with van der Waals surface area (Å²) in [6, 6.07) is 0. The Hall–Kier alpha value is 0.270. The smallest absolute Gasteiger partial charge is 0.0700 e. The minimum atomic E-state index is 0.750. The van der Waals surface area contributed by atoms with Gasteiger partial charge in [0.25, 0.3) is 0 Å². The third kappa shape index (κ3) is 16.3. The summed E-state index contributed by atoms with van der Waals surface area (Å²) in [4.78, 5) is 0. The van der Waals surface area contributed by atoms with E-state index in [4.69, 9.17) is 9.47 Å². The van der Waals surface area contributed by atoms with Gasteiger partial charge in [0.05, 0.1) is 19.8 Å². The van der Waals surface area contributed by atoms with Crippen LogP contribution in [0.2, 0.25) is 0 Å². The zero-order valence-electron chi connectivity index (χ0n) is 11.7. The lowest BCUT2D eigenvalue weighted by molar-refractivity contribution is 0.0522. The molecule has 0 aromatic heterocycles. The highest BCUT2D eigenvalue weighted by molar-refractivity contribution is 7.99. The average Bonchev–Trinajstić information content (AvgIpc) is 2.35. The molecule has 104 valence electrons. The first kappa shape index (κ1) is 17.3. The maximum Gasteiger partial charge on any atom is 0.0700 e. The summed E-state index contributed by atoms with van der Waals surface area (Å²) in [5, 5.41) is 0. The van der Waals surface area contributed by atoms with Gasteiger partial charge >= 0.3 is 0 Å². The van der Waals surface area contributed by atoms with E-state index < -0.39 is 0 Å². The van der Waals surface area contributed by atoms with Crippen molar-refractivity contribution in [3.05, 3.63) is 0 Å². The number of hydrogen-bond acceptors (Lipinski definition) is 3. The molecule has 0 aliphatic rings. The van der Waals surface area contributed by atoms with Crippen molar-refractivity contribution in [1.29, 1.82) is 0 Å². The van der Waals surface area contributed by atoms with E-state index >= 15 is 0 Å². The van der Waals surface area contributed by atoms with E-state index in [2.05, 4.69) is 13.8 Å². The first-order chi connectivity index (χ1) is 8.41. The molecule has 0 bridgehead atoms. The summed E-state index contributed by atoms with van der Waals surface area (Å²) in [7, 11) is 0. The lowest BCUT2D eigenvalue weighted by Crippen LogP contribution is -2.07. The van der Waals surface area contributed by atoms with Crippen LogP contribution < -0.4 is 0 Å². The molecule has 0 aromatic rings. The van der Waals surface area contributed by atoms with Crippen molar-refractivity contribution in [1.82, 2.24) is 0 Å². The highest BCUT2D eigenvalue weighted by Gasteiger charge is 1.92. The molecule has 0 aliphatic carbocycles. The van der Waals surface area contributed by atoms with Gasteiger partial charge in [-0.25, -0.2) is 0 Å². The predicted octanol–water partition coefficient (Wildman–Crippen LogP) is 4.13. The Kier molecular flexibility index (Phi) is 16.5. The Morgan fingerprint density at radius 2 is 1.35 bits per heavy atom. The molecule has 0 N–H and O–H groups in total. The van der Waals surface area contributed by atoms with Crippen molar-refractivity contribution >= 4 is 11.8 Å². The molecule has 3 heteroatoms. The molecule has 0 saturated heterocycles. The maximum absolute atomic E-state index is 5.51. The summed E-state index contributed by atoms with van der Waals surface area (Å²) in [6.07, 6.45) is 7.97. The van der Waals surface area contributed by atoms with Gasteiger partial charge in [0, 0.05) is 12.4 Å². The Morgan fingerprint density at radius 3 is 2.06 bits per heavy atom. The first-order valence-electron chi connectivity index (χ1n) is 7.15. The van der Waals surface area contributed by atoms with E-state index in [0.29, 0.717) is 0 Å². The van der Waals surface area contributed by atoms with Crippen molar-refractivity contribution in [2.75, 3.05) is 37.9 Å². The van der Waals surface area contributed by atoms with Crippen molar-refractivity contribution in [2.24, 2.45) is 0 Å². The first-order valence-corrected chi connectivity index (χ1v) is 8.30. The highest BCUT2D eigenvalue weighted by atomic mass is 32.2. The second-order valence-electron chi connectivity index (χ2n) is 4.19. The van der Waals surface area contributed by atoms with Gasteiger partial charge in [-0.1, -0.05) is 46.0 Å². The molecule has 0 fully saturated rings. The molecular formula is C14H30O2S. The van der Waals surface area contributed by atoms with E-state index in [1.54, 1.807) is 0 Å². The van der Waals surface area contributed by atoms with Crippen LogP contribution in [-0.2, 0) is 9.47 Å². The standard InChI is InChI=1S/C14H30O2S/c1-3-5-6-7-8-9-10-15-11-12-16-13-14-17-4-2/h3-14H2,1-2H3. The molecular weight excluding hydrogens is 232 g/mol. The maximum atomic E-state index is 5.51. The van der Waals surface area contributed by atoms with Gasteiger partial charge in [0.15, 0.2) is 0 Å². The van der Waals surface area contributed by atoms with E-state index in [9.17, 15) is 0 Å². The molecule has 0 unspecified atom stereocenters. The Morgan fingerprint density at radius 1 is 0.706 bits per heavy atom. The number of unbranched alkanes of at least 4 members (excludes halogenated alkanes) is 5. The quantitative estimate of drug-likeness (QED) is 0.438. The third-order valence-electron chi connectivity index (χ3n) is 2.59. The van der Waals surface area contributed by atoms with Gasteiger partial charge in [0.2, 0.25) is 0 Å². The van der Waals surface area contributed by atoms with Gasteiger partial charge in [-0.2, -0.15) is 11.8 Å². The van der Waals surface area contributed by atoms with Crippen LogP contribution in [0.1, 0.15) is 52.4 Å². The zero-order valence-corrected chi connectivity index (χ0v) is 12.5.